The highest BCUT2D eigenvalue weighted by molar-refractivity contribution is 5.84. The van der Waals surface area contributed by atoms with Gasteiger partial charge in [-0.05, 0) is 6.92 Å². The number of carboxylic acids is 1. The summed E-state index contributed by atoms with van der Waals surface area (Å²) < 4.78 is 0. The van der Waals surface area contributed by atoms with Gasteiger partial charge in [0.25, 0.3) is 0 Å². The van der Waals surface area contributed by atoms with E-state index in [0.29, 0.717) is 0 Å². The maximum Gasteiger partial charge on any atom is 0.349 e. The van der Waals surface area contributed by atoms with Crippen LogP contribution in [0.25, 0.3) is 0 Å². The maximum absolute atomic E-state index is 10.3. The largest absolute Gasteiger partial charge is 0.478 e. The van der Waals surface area contributed by atoms with Crippen molar-refractivity contribution in [3.8, 4) is 0 Å². The summed E-state index contributed by atoms with van der Waals surface area (Å²) in [6.07, 6.45) is 1.15. The Balaban J connectivity index is 0.000000255. The second-order valence-corrected chi connectivity index (χ2v) is 2.63. The van der Waals surface area contributed by atoms with Gasteiger partial charge in [0, 0.05) is 11.6 Å². The first-order chi connectivity index (χ1) is 6.47. The van der Waals surface area contributed by atoms with Gasteiger partial charge in [0.05, 0.1) is 13.1 Å². The van der Waals surface area contributed by atoms with Crippen LogP contribution in [0.15, 0.2) is 24.8 Å². The maximum atomic E-state index is 10.3. The molecule has 0 aromatic carbocycles. The quantitative estimate of drug-likeness (QED) is 0.532. The molecule has 1 aliphatic heterocycles. The van der Waals surface area contributed by atoms with Crippen LogP contribution < -0.4 is 0 Å². The molecule has 1 heterocycles. The SMILES string of the molecule is C=C(C)C(=O)O.C=CC(=O)ON1CC1. The number of hydrogen-bond acceptors (Lipinski definition) is 4. The number of nitrogens with zero attached hydrogens (tertiary/aromatic N) is 1. The zero-order valence-electron chi connectivity index (χ0n) is 8.02. The Morgan fingerprint density at radius 2 is 1.93 bits per heavy atom. The molecule has 0 radical (unpaired) electrons. The van der Waals surface area contributed by atoms with E-state index in [9.17, 15) is 9.59 Å². The van der Waals surface area contributed by atoms with Crippen LogP contribution >= 0.6 is 0 Å². The van der Waals surface area contributed by atoms with E-state index in [2.05, 4.69) is 18.0 Å². The molecule has 0 atom stereocenters. The van der Waals surface area contributed by atoms with Crippen molar-refractivity contribution in [3.05, 3.63) is 24.8 Å². The monoisotopic (exact) mass is 199 g/mol. The molecule has 0 saturated carbocycles. The fourth-order valence-electron chi connectivity index (χ4n) is 0.297. The molecule has 0 amide bonds. The molecule has 1 aliphatic rings. The number of aliphatic carboxylic acids is 1. The number of hydroxylamine groups is 2. The van der Waals surface area contributed by atoms with E-state index < -0.39 is 5.97 Å². The molecule has 1 rings (SSSR count). The Morgan fingerprint density at radius 1 is 1.50 bits per heavy atom. The third-order valence-corrected chi connectivity index (χ3v) is 1.16. The van der Waals surface area contributed by atoms with Crippen molar-refractivity contribution in [2.75, 3.05) is 13.1 Å². The molecular formula is C9H13NO4. The summed E-state index contributed by atoms with van der Waals surface area (Å²) in [5.74, 6) is -1.31. The van der Waals surface area contributed by atoms with Crippen molar-refractivity contribution in [2.24, 2.45) is 0 Å². The highest BCUT2D eigenvalue weighted by atomic mass is 16.7. The van der Waals surface area contributed by atoms with Gasteiger partial charge < -0.3 is 9.94 Å². The van der Waals surface area contributed by atoms with E-state index in [1.807, 2.05) is 0 Å². The van der Waals surface area contributed by atoms with E-state index >= 15 is 0 Å². The lowest BCUT2D eigenvalue weighted by Crippen LogP contribution is -2.05. The molecule has 0 unspecified atom stereocenters. The molecule has 0 aliphatic carbocycles. The lowest BCUT2D eigenvalue weighted by molar-refractivity contribution is -0.159. The molecule has 1 N–H and O–H groups in total. The number of carboxylic acid groups (broad SMARTS) is 1. The minimum atomic E-state index is -0.935. The van der Waals surface area contributed by atoms with Crippen molar-refractivity contribution in [3.63, 3.8) is 0 Å². The van der Waals surface area contributed by atoms with Gasteiger partial charge in [0.1, 0.15) is 0 Å². The first-order valence-electron chi connectivity index (χ1n) is 3.95. The highest BCUT2D eigenvalue weighted by Crippen LogP contribution is 2.03. The highest BCUT2D eigenvalue weighted by Gasteiger charge is 2.20. The lowest BCUT2D eigenvalue weighted by Gasteiger charge is -1.95. The van der Waals surface area contributed by atoms with Crippen LogP contribution in [-0.2, 0) is 14.4 Å². The second kappa shape index (κ2) is 5.93. The van der Waals surface area contributed by atoms with Crippen molar-refractivity contribution >= 4 is 11.9 Å². The third-order valence-electron chi connectivity index (χ3n) is 1.16. The van der Waals surface area contributed by atoms with Gasteiger partial charge in [-0.2, -0.15) is 0 Å². The number of carbonyl (C=O) groups excluding carboxylic acids is 1. The van der Waals surface area contributed by atoms with Crippen LogP contribution in [-0.4, -0.2) is 35.2 Å². The summed E-state index contributed by atoms with van der Waals surface area (Å²) in [5, 5.41) is 9.45. The Labute approximate surface area is 82.2 Å². The van der Waals surface area contributed by atoms with E-state index in [4.69, 9.17) is 5.11 Å². The standard InChI is InChI=1S/C5H7NO2.C4H6O2/c1-2-5(7)8-6-3-4-6;1-3(2)4(5)6/h2H,1,3-4H2;1H2,2H3,(H,5,6). The molecule has 1 saturated heterocycles. The molecular weight excluding hydrogens is 186 g/mol. The van der Waals surface area contributed by atoms with Gasteiger partial charge in [-0.3, -0.25) is 0 Å². The molecule has 5 nitrogen and oxygen atoms in total. The first kappa shape index (κ1) is 12.4. The van der Waals surface area contributed by atoms with Crippen LogP contribution in [0, 0.1) is 0 Å². The average Bonchev–Trinajstić information content (AvgIpc) is 2.89. The fraction of sp³-hybridized carbons (Fsp3) is 0.333. The van der Waals surface area contributed by atoms with Crippen LogP contribution in [0.5, 0.6) is 0 Å². The summed E-state index contributed by atoms with van der Waals surface area (Å²) in [7, 11) is 0. The summed E-state index contributed by atoms with van der Waals surface area (Å²) in [6, 6.07) is 0. The van der Waals surface area contributed by atoms with Crippen molar-refractivity contribution in [2.45, 2.75) is 6.92 Å². The van der Waals surface area contributed by atoms with Crippen LogP contribution in [0.1, 0.15) is 6.92 Å². The lowest BCUT2D eigenvalue weighted by atomic mass is 10.4. The molecule has 5 heteroatoms. The Bertz CT molecular complexity index is 244. The smallest absolute Gasteiger partial charge is 0.349 e. The van der Waals surface area contributed by atoms with E-state index in [0.717, 1.165) is 19.2 Å². The Morgan fingerprint density at radius 3 is 2.14 bits per heavy atom. The van der Waals surface area contributed by atoms with Gasteiger partial charge in [0.2, 0.25) is 0 Å². The topological polar surface area (TPSA) is 66.6 Å². The minimum Gasteiger partial charge on any atom is -0.478 e. The molecule has 78 valence electrons. The molecule has 0 aromatic rings. The molecule has 0 aromatic heterocycles. The van der Waals surface area contributed by atoms with Crippen LogP contribution in [0.3, 0.4) is 0 Å². The second-order valence-electron chi connectivity index (χ2n) is 2.63. The molecule has 14 heavy (non-hydrogen) atoms. The average molecular weight is 199 g/mol. The zero-order valence-corrected chi connectivity index (χ0v) is 8.02. The number of hydrogen-bond donors (Lipinski definition) is 1. The van der Waals surface area contributed by atoms with Gasteiger partial charge in [-0.15, -0.1) is 5.06 Å². The third kappa shape index (κ3) is 7.05. The van der Waals surface area contributed by atoms with Crippen molar-refractivity contribution in [1.29, 1.82) is 0 Å². The fourth-order valence-corrected chi connectivity index (χ4v) is 0.297. The van der Waals surface area contributed by atoms with Crippen LogP contribution in [0.2, 0.25) is 0 Å². The predicted molar refractivity (Wildman–Crippen MR) is 50.3 cm³/mol. The summed E-state index contributed by atoms with van der Waals surface area (Å²) in [6.45, 7) is 9.56. The molecule has 0 spiro atoms. The number of carbonyl (C=O) groups is 2. The summed E-state index contributed by atoms with van der Waals surface area (Å²) >= 11 is 0. The number of rotatable bonds is 3. The molecule has 0 bridgehead atoms. The summed E-state index contributed by atoms with van der Waals surface area (Å²) in [4.78, 5) is 24.5. The van der Waals surface area contributed by atoms with Gasteiger partial charge in [-0.25, -0.2) is 9.59 Å². The van der Waals surface area contributed by atoms with Gasteiger partial charge in [-0.1, -0.05) is 13.2 Å². The van der Waals surface area contributed by atoms with E-state index in [-0.39, 0.29) is 11.5 Å². The van der Waals surface area contributed by atoms with Gasteiger partial charge in [0.15, 0.2) is 0 Å². The Hall–Kier alpha value is -1.62. The summed E-state index contributed by atoms with van der Waals surface area (Å²) in [5.41, 5.74) is 0.176. The predicted octanol–water partition coefficient (Wildman–Crippen LogP) is 0.593. The van der Waals surface area contributed by atoms with Crippen molar-refractivity contribution in [1.82, 2.24) is 5.06 Å². The normalized spacial score (nSPS) is 13.2. The van der Waals surface area contributed by atoms with Crippen LogP contribution in [0.4, 0.5) is 0 Å². The minimum absolute atomic E-state index is 0.176. The van der Waals surface area contributed by atoms with E-state index in [1.54, 1.807) is 5.06 Å². The Kier molecular flexibility index (Phi) is 5.24. The van der Waals surface area contributed by atoms with Gasteiger partial charge >= 0.3 is 11.9 Å². The molecule has 1 fully saturated rings. The first-order valence-corrected chi connectivity index (χ1v) is 3.95. The van der Waals surface area contributed by atoms with E-state index in [1.165, 1.54) is 6.92 Å². The van der Waals surface area contributed by atoms with Crippen molar-refractivity contribution < 1.29 is 19.5 Å². The zero-order chi connectivity index (χ0) is 11.1.